The summed E-state index contributed by atoms with van der Waals surface area (Å²) in [4.78, 5) is 22.3. The van der Waals surface area contributed by atoms with Crippen molar-refractivity contribution in [2.24, 2.45) is 0 Å². The van der Waals surface area contributed by atoms with Gasteiger partial charge in [-0.25, -0.2) is 19.9 Å². The number of fused-ring (bicyclic) bond motifs is 4. The Morgan fingerprint density at radius 1 is 0.577 bits per heavy atom. The molecule has 0 aliphatic heterocycles. The van der Waals surface area contributed by atoms with Crippen molar-refractivity contribution in [2.45, 2.75) is 0 Å². The van der Waals surface area contributed by atoms with Crippen molar-refractivity contribution in [1.29, 1.82) is 10.5 Å². The summed E-state index contributed by atoms with van der Waals surface area (Å²) in [7, 11) is 0. The van der Waals surface area contributed by atoms with E-state index < -0.39 is 0 Å². The molecular formula is C19H7N7. The molecule has 0 radical (unpaired) electrons. The van der Waals surface area contributed by atoms with E-state index in [2.05, 4.69) is 31.0 Å². The first kappa shape index (κ1) is 14.1. The quantitative estimate of drug-likeness (QED) is 0.400. The summed E-state index contributed by atoms with van der Waals surface area (Å²) in [5.41, 5.74) is 6.12. The number of hydrogen-bond acceptors (Lipinski definition) is 7. The molecule has 7 heteroatoms. The van der Waals surface area contributed by atoms with Gasteiger partial charge in [0.2, 0.25) is 0 Å². The molecule has 0 spiro atoms. The monoisotopic (exact) mass is 333 g/mol. The van der Waals surface area contributed by atoms with Gasteiger partial charge in [0.05, 0.1) is 49.7 Å². The Labute approximate surface area is 146 Å². The molecule has 0 atom stereocenters. The van der Waals surface area contributed by atoms with Crippen LogP contribution in [0.3, 0.4) is 0 Å². The van der Waals surface area contributed by atoms with Crippen LogP contribution < -0.4 is 0 Å². The second kappa shape index (κ2) is 5.13. The molecule has 0 aromatic carbocycles. The van der Waals surface area contributed by atoms with Crippen LogP contribution in [-0.2, 0) is 0 Å². The summed E-state index contributed by atoms with van der Waals surface area (Å²) in [5.74, 6) is 0. The SMILES string of the molecule is N#Cc1cnc2cc3nc4cc5nc(C#N)ccc5nc4cc3nc2c1. The van der Waals surface area contributed by atoms with E-state index in [-0.39, 0.29) is 0 Å². The van der Waals surface area contributed by atoms with Crippen LogP contribution in [0.2, 0.25) is 0 Å². The average molecular weight is 333 g/mol. The zero-order valence-corrected chi connectivity index (χ0v) is 13.2. The first-order valence-corrected chi connectivity index (χ1v) is 7.73. The van der Waals surface area contributed by atoms with Crippen molar-refractivity contribution in [3.8, 4) is 12.1 Å². The molecule has 0 bridgehead atoms. The van der Waals surface area contributed by atoms with E-state index in [1.54, 1.807) is 18.2 Å². The number of nitriles is 2. The fraction of sp³-hybridized carbons (Fsp3) is 0. The van der Waals surface area contributed by atoms with E-state index in [9.17, 15) is 0 Å². The van der Waals surface area contributed by atoms with Gasteiger partial charge in [-0.15, -0.1) is 0 Å². The minimum atomic E-state index is 0.338. The highest BCUT2D eigenvalue weighted by atomic mass is 14.8. The zero-order chi connectivity index (χ0) is 17.7. The van der Waals surface area contributed by atoms with Gasteiger partial charge in [-0.3, -0.25) is 4.98 Å². The molecule has 0 N–H and O–H groups in total. The summed E-state index contributed by atoms with van der Waals surface area (Å²) < 4.78 is 0. The third-order valence-corrected chi connectivity index (χ3v) is 4.11. The summed E-state index contributed by atoms with van der Waals surface area (Å²) >= 11 is 0. The van der Waals surface area contributed by atoms with Crippen molar-refractivity contribution in [2.75, 3.05) is 0 Å². The van der Waals surface area contributed by atoms with Gasteiger partial charge in [-0.2, -0.15) is 10.5 Å². The van der Waals surface area contributed by atoms with Crippen LogP contribution in [0.15, 0.2) is 42.6 Å². The average Bonchev–Trinajstić information content (AvgIpc) is 2.68. The molecule has 0 saturated heterocycles. The highest BCUT2D eigenvalue weighted by Gasteiger charge is 2.08. The van der Waals surface area contributed by atoms with Gasteiger partial charge in [-0.05, 0) is 36.4 Å². The number of pyridine rings is 5. The van der Waals surface area contributed by atoms with Gasteiger partial charge in [0, 0.05) is 6.20 Å². The van der Waals surface area contributed by atoms with Crippen molar-refractivity contribution < 1.29 is 0 Å². The molecule has 5 aromatic rings. The standard InChI is InChI=1S/C19H7N7/c20-7-10-3-14-13(22-9-10)4-16-19(25-14)6-17-18(26-16)5-15-12(24-17)2-1-11(8-21)23-15/h1-6,9H. The topological polar surface area (TPSA) is 112 Å². The maximum Gasteiger partial charge on any atom is 0.141 e. The first-order valence-electron chi connectivity index (χ1n) is 7.73. The van der Waals surface area contributed by atoms with Crippen LogP contribution in [0.4, 0.5) is 0 Å². The summed E-state index contributed by atoms with van der Waals surface area (Å²) in [5, 5.41) is 18.0. The van der Waals surface area contributed by atoms with Gasteiger partial charge in [0.1, 0.15) is 17.8 Å². The highest BCUT2D eigenvalue weighted by molar-refractivity contribution is 5.97. The van der Waals surface area contributed by atoms with E-state index in [0.717, 1.165) is 0 Å². The van der Waals surface area contributed by atoms with Crippen molar-refractivity contribution in [3.63, 3.8) is 0 Å². The van der Waals surface area contributed by atoms with E-state index in [4.69, 9.17) is 10.5 Å². The van der Waals surface area contributed by atoms with Crippen LogP contribution in [0, 0.1) is 22.7 Å². The van der Waals surface area contributed by atoms with Gasteiger partial charge >= 0.3 is 0 Å². The summed E-state index contributed by atoms with van der Waals surface area (Å²) in [6.07, 6.45) is 1.51. The molecule has 5 aromatic heterocycles. The number of aromatic nitrogens is 5. The predicted molar refractivity (Wildman–Crippen MR) is 94.9 cm³/mol. The highest BCUT2D eigenvalue weighted by Crippen LogP contribution is 2.23. The van der Waals surface area contributed by atoms with Crippen LogP contribution in [-0.4, -0.2) is 24.9 Å². The summed E-state index contributed by atoms with van der Waals surface area (Å²) in [6.45, 7) is 0. The normalized spacial score (nSPS) is 11.0. The van der Waals surface area contributed by atoms with Crippen LogP contribution >= 0.6 is 0 Å². The number of rotatable bonds is 0. The molecule has 0 aliphatic rings. The molecule has 0 saturated carbocycles. The van der Waals surface area contributed by atoms with Gasteiger partial charge < -0.3 is 0 Å². The lowest BCUT2D eigenvalue weighted by molar-refractivity contribution is 1.30. The fourth-order valence-electron chi connectivity index (χ4n) is 2.89. The Morgan fingerprint density at radius 2 is 1.15 bits per heavy atom. The Bertz CT molecular complexity index is 1350. The minimum absolute atomic E-state index is 0.338. The zero-order valence-electron chi connectivity index (χ0n) is 13.2. The molecule has 0 amide bonds. The van der Waals surface area contributed by atoms with E-state index in [1.807, 2.05) is 24.3 Å². The molecule has 7 nitrogen and oxygen atoms in total. The van der Waals surface area contributed by atoms with E-state index >= 15 is 0 Å². The Balaban J connectivity index is 1.83. The number of hydrogen-bond donors (Lipinski definition) is 0. The molecule has 5 rings (SSSR count). The molecule has 5 heterocycles. The van der Waals surface area contributed by atoms with E-state index in [1.165, 1.54) is 6.20 Å². The lowest BCUT2D eigenvalue weighted by atomic mass is 10.2. The van der Waals surface area contributed by atoms with Crippen molar-refractivity contribution in [3.05, 3.63) is 53.9 Å². The molecule has 0 fully saturated rings. The second-order valence-corrected chi connectivity index (χ2v) is 5.76. The predicted octanol–water partition coefficient (Wildman–Crippen LogP) is 3.02. The molecule has 118 valence electrons. The lowest BCUT2D eigenvalue weighted by Gasteiger charge is -2.04. The third kappa shape index (κ3) is 2.09. The Morgan fingerprint density at radius 3 is 1.81 bits per heavy atom. The maximum absolute atomic E-state index is 9.02. The van der Waals surface area contributed by atoms with Crippen molar-refractivity contribution in [1.82, 2.24) is 24.9 Å². The number of nitrogens with zero attached hydrogens (tertiary/aromatic N) is 7. The van der Waals surface area contributed by atoms with E-state index in [0.29, 0.717) is 55.4 Å². The molecule has 0 aliphatic carbocycles. The van der Waals surface area contributed by atoms with Gasteiger partial charge in [0.15, 0.2) is 0 Å². The van der Waals surface area contributed by atoms with Gasteiger partial charge in [0.25, 0.3) is 0 Å². The van der Waals surface area contributed by atoms with Crippen LogP contribution in [0.1, 0.15) is 11.3 Å². The minimum Gasteiger partial charge on any atom is -0.253 e. The van der Waals surface area contributed by atoms with Crippen LogP contribution in [0.25, 0.3) is 44.1 Å². The van der Waals surface area contributed by atoms with Gasteiger partial charge in [-0.1, -0.05) is 0 Å². The van der Waals surface area contributed by atoms with Crippen LogP contribution in [0.5, 0.6) is 0 Å². The molecule has 26 heavy (non-hydrogen) atoms. The maximum atomic E-state index is 9.02. The molecular weight excluding hydrogens is 326 g/mol. The smallest absolute Gasteiger partial charge is 0.141 e. The largest absolute Gasteiger partial charge is 0.253 e. The lowest BCUT2D eigenvalue weighted by Crippen LogP contribution is -1.93. The molecule has 0 unspecified atom stereocenters. The fourth-order valence-corrected chi connectivity index (χ4v) is 2.89. The Kier molecular flexibility index (Phi) is 2.79. The second-order valence-electron chi connectivity index (χ2n) is 5.76. The van der Waals surface area contributed by atoms with Crippen molar-refractivity contribution >= 4 is 44.1 Å². The Hall–Kier alpha value is -4.23. The first-order chi connectivity index (χ1) is 12.7. The third-order valence-electron chi connectivity index (χ3n) is 4.11. The summed E-state index contributed by atoms with van der Waals surface area (Å²) in [6, 6.07) is 14.7.